The fourth-order valence-electron chi connectivity index (χ4n) is 4.95. The largest absolute Gasteiger partial charge is 0.355 e. The molecular weight excluding hydrogens is 629 g/mol. The van der Waals surface area contributed by atoms with Crippen molar-refractivity contribution in [3.63, 3.8) is 0 Å². The van der Waals surface area contributed by atoms with Gasteiger partial charge < -0.3 is 10.2 Å². The summed E-state index contributed by atoms with van der Waals surface area (Å²) in [6.45, 7) is 5.65. The molecule has 0 heterocycles. The molecule has 0 unspecified atom stereocenters. The zero-order valence-electron chi connectivity index (χ0n) is 25.5. The van der Waals surface area contributed by atoms with E-state index in [0.29, 0.717) is 27.8 Å². The number of sulfonamides is 1. The van der Waals surface area contributed by atoms with Gasteiger partial charge in [0.25, 0.3) is 10.0 Å². The number of amides is 2. The lowest BCUT2D eigenvalue weighted by Gasteiger charge is -2.34. The van der Waals surface area contributed by atoms with Crippen LogP contribution in [0.15, 0.2) is 108 Å². The van der Waals surface area contributed by atoms with Gasteiger partial charge in [-0.3, -0.25) is 13.9 Å². The number of likely N-dealkylation sites (N-methyl/N-ethyl adjacent to an activating group) is 1. The van der Waals surface area contributed by atoms with Crippen molar-refractivity contribution in [2.75, 3.05) is 17.4 Å². The van der Waals surface area contributed by atoms with E-state index in [9.17, 15) is 18.0 Å². The molecule has 0 aliphatic rings. The van der Waals surface area contributed by atoms with Gasteiger partial charge in [-0.25, -0.2) is 8.42 Å². The summed E-state index contributed by atoms with van der Waals surface area (Å²) in [6.07, 6.45) is 0.206. The Balaban J connectivity index is 1.81. The molecule has 0 saturated carbocycles. The minimum atomic E-state index is -4.18. The predicted molar refractivity (Wildman–Crippen MR) is 181 cm³/mol. The number of benzene rings is 4. The quantitative estimate of drug-likeness (QED) is 0.165. The van der Waals surface area contributed by atoms with Crippen molar-refractivity contribution < 1.29 is 18.0 Å². The lowest BCUT2D eigenvalue weighted by molar-refractivity contribution is -0.140. The number of carbonyl (C=O) groups is 2. The van der Waals surface area contributed by atoms with Gasteiger partial charge in [-0.15, -0.1) is 0 Å². The summed E-state index contributed by atoms with van der Waals surface area (Å²) in [7, 11) is -4.18. The molecule has 2 amide bonds. The summed E-state index contributed by atoms with van der Waals surface area (Å²) in [5.41, 5.74) is 2.77. The molecule has 0 radical (unpaired) electrons. The first kappa shape index (κ1) is 34.0. The number of halogens is 2. The van der Waals surface area contributed by atoms with Crippen LogP contribution in [0, 0.1) is 0 Å². The maximum atomic E-state index is 14.5. The molecule has 0 spiro atoms. The van der Waals surface area contributed by atoms with Crippen molar-refractivity contribution in [2.45, 2.75) is 50.6 Å². The fraction of sp³-hybridized carbons (Fsp3) is 0.257. The molecular formula is C35H37Cl2N3O4S. The summed E-state index contributed by atoms with van der Waals surface area (Å²) in [5.74, 6) is -0.700. The number of anilines is 1. The third kappa shape index (κ3) is 8.66. The van der Waals surface area contributed by atoms with Gasteiger partial charge in [0.15, 0.2) is 0 Å². The van der Waals surface area contributed by atoms with Crippen LogP contribution in [-0.4, -0.2) is 44.3 Å². The van der Waals surface area contributed by atoms with Crippen LogP contribution in [0.4, 0.5) is 5.69 Å². The SMILES string of the molecule is CCNC(=O)[C@@H](Cc1ccccc1)N(Cc1ccc(Cl)cc1Cl)C(=O)CN(c1ccc(C(C)C)cc1)S(=O)(=O)c1ccccc1. The molecule has 236 valence electrons. The standard InChI is InChI=1S/C35H37Cl2N3O4S/c1-4-38-35(42)33(21-26-11-7-5-8-12-26)39(23-28-15-18-29(36)22-32(28)37)34(41)24-40(30-19-16-27(17-20-30)25(2)3)45(43,44)31-13-9-6-10-14-31/h5-20,22,25,33H,4,21,23-24H2,1-3H3,(H,38,42)/t33-/m1/s1. The van der Waals surface area contributed by atoms with Crippen LogP contribution >= 0.6 is 23.2 Å². The van der Waals surface area contributed by atoms with E-state index in [1.165, 1.54) is 17.0 Å². The average Bonchev–Trinajstić information content (AvgIpc) is 3.03. The van der Waals surface area contributed by atoms with Gasteiger partial charge >= 0.3 is 0 Å². The van der Waals surface area contributed by atoms with E-state index in [1.54, 1.807) is 55.5 Å². The van der Waals surface area contributed by atoms with Crippen LogP contribution in [0.1, 0.15) is 43.4 Å². The molecule has 1 atom stereocenters. The first-order valence-corrected chi connectivity index (χ1v) is 16.9. The highest BCUT2D eigenvalue weighted by Gasteiger charge is 2.34. The van der Waals surface area contributed by atoms with Gasteiger partial charge in [0, 0.05) is 29.6 Å². The molecule has 1 N–H and O–H groups in total. The van der Waals surface area contributed by atoms with Gasteiger partial charge in [-0.05, 0) is 65.9 Å². The van der Waals surface area contributed by atoms with Crippen LogP contribution in [0.3, 0.4) is 0 Å². The van der Waals surface area contributed by atoms with E-state index < -0.39 is 28.5 Å². The molecule has 4 rings (SSSR count). The van der Waals surface area contributed by atoms with E-state index in [-0.39, 0.29) is 29.7 Å². The van der Waals surface area contributed by atoms with E-state index in [1.807, 2.05) is 56.3 Å². The predicted octanol–water partition coefficient (Wildman–Crippen LogP) is 7.09. The van der Waals surface area contributed by atoms with E-state index >= 15 is 0 Å². The van der Waals surface area contributed by atoms with E-state index in [4.69, 9.17) is 23.2 Å². The monoisotopic (exact) mass is 665 g/mol. The molecule has 0 aromatic heterocycles. The Morgan fingerprint density at radius 2 is 1.47 bits per heavy atom. The van der Waals surface area contributed by atoms with Gasteiger partial charge in [-0.1, -0.05) is 104 Å². The van der Waals surface area contributed by atoms with Crippen LogP contribution < -0.4 is 9.62 Å². The molecule has 0 bridgehead atoms. The van der Waals surface area contributed by atoms with Crippen molar-refractivity contribution in [3.05, 3.63) is 130 Å². The molecule has 0 saturated heterocycles. The average molecular weight is 667 g/mol. The smallest absolute Gasteiger partial charge is 0.264 e. The second-order valence-electron chi connectivity index (χ2n) is 10.9. The van der Waals surface area contributed by atoms with Crippen molar-refractivity contribution >= 4 is 50.7 Å². The Labute approximate surface area is 275 Å². The molecule has 7 nitrogen and oxygen atoms in total. The first-order chi connectivity index (χ1) is 21.5. The molecule has 4 aromatic carbocycles. The van der Waals surface area contributed by atoms with Crippen LogP contribution in [0.2, 0.25) is 10.0 Å². The van der Waals surface area contributed by atoms with Crippen LogP contribution in [0.5, 0.6) is 0 Å². The summed E-state index contributed by atoms with van der Waals surface area (Å²) < 4.78 is 29.3. The number of carbonyl (C=O) groups excluding carboxylic acids is 2. The van der Waals surface area contributed by atoms with E-state index in [2.05, 4.69) is 5.32 Å². The summed E-state index contributed by atoms with van der Waals surface area (Å²) >= 11 is 12.7. The third-order valence-electron chi connectivity index (χ3n) is 7.44. The van der Waals surface area contributed by atoms with Crippen LogP contribution in [-0.2, 0) is 32.6 Å². The van der Waals surface area contributed by atoms with Gasteiger partial charge in [0.2, 0.25) is 11.8 Å². The number of hydrogen-bond acceptors (Lipinski definition) is 4. The number of hydrogen-bond donors (Lipinski definition) is 1. The van der Waals surface area contributed by atoms with Gasteiger partial charge in [-0.2, -0.15) is 0 Å². The van der Waals surface area contributed by atoms with Crippen molar-refractivity contribution in [3.8, 4) is 0 Å². The Hall–Kier alpha value is -3.85. The Morgan fingerprint density at radius 3 is 2.04 bits per heavy atom. The highest BCUT2D eigenvalue weighted by atomic mass is 35.5. The Kier molecular flexibility index (Phi) is 11.7. The minimum absolute atomic E-state index is 0.0441. The number of nitrogens with one attached hydrogen (secondary N) is 1. The van der Waals surface area contributed by atoms with Crippen LogP contribution in [0.25, 0.3) is 0 Å². The lowest BCUT2D eigenvalue weighted by atomic mass is 10.0. The van der Waals surface area contributed by atoms with Crippen molar-refractivity contribution in [1.29, 1.82) is 0 Å². The highest BCUT2D eigenvalue weighted by Crippen LogP contribution is 2.28. The molecule has 10 heteroatoms. The molecule has 45 heavy (non-hydrogen) atoms. The normalized spacial score (nSPS) is 12.0. The molecule has 0 fully saturated rings. The fourth-order valence-corrected chi connectivity index (χ4v) is 6.86. The zero-order chi connectivity index (χ0) is 32.6. The Bertz CT molecular complexity index is 1700. The highest BCUT2D eigenvalue weighted by molar-refractivity contribution is 7.92. The first-order valence-electron chi connectivity index (χ1n) is 14.7. The lowest BCUT2D eigenvalue weighted by Crippen LogP contribution is -2.53. The van der Waals surface area contributed by atoms with E-state index in [0.717, 1.165) is 15.4 Å². The third-order valence-corrected chi connectivity index (χ3v) is 9.81. The van der Waals surface area contributed by atoms with Gasteiger partial charge in [0.1, 0.15) is 12.6 Å². The number of nitrogens with zero attached hydrogens (tertiary/aromatic N) is 2. The summed E-state index contributed by atoms with van der Waals surface area (Å²) in [4.78, 5) is 29.5. The molecule has 0 aliphatic carbocycles. The molecule has 4 aromatic rings. The second kappa shape index (κ2) is 15.4. The maximum absolute atomic E-state index is 14.5. The maximum Gasteiger partial charge on any atom is 0.264 e. The molecule has 0 aliphatic heterocycles. The zero-order valence-corrected chi connectivity index (χ0v) is 27.8. The number of rotatable bonds is 13. The topological polar surface area (TPSA) is 86.8 Å². The summed E-state index contributed by atoms with van der Waals surface area (Å²) in [5, 5.41) is 3.60. The second-order valence-corrected chi connectivity index (χ2v) is 13.6. The Morgan fingerprint density at radius 1 is 0.844 bits per heavy atom. The van der Waals surface area contributed by atoms with Crippen molar-refractivity contribution in [1.82, 2.24) is 10.2 Å². The van der Waals surface area contributed by atoms with Gasteiger partial charge in [0.05, 0.1) is 10.6 Å². The minimum Gasteiger partial charge on any atom is -0.355 e. The summed E-state index contributed by atoms with van der Waals surface area (Å²) in [6, 6.07) is 28.4. The van der Waals surface area contributed by atoms with Crippen molar-refractivity contribution in [2.24, 2.45) is 0 Å².